The number of hydrogen-bond acceptors (Lipinski definition) is 7. The lowest BCUT2D eigenvalue weighted by atomic mass is 9.99. The van der Waals surface area contributed by atoms with Gasteiger partial charge in [0.05, 0.1) is 22.9 Å². The van der Waals surface area contributed by atoms with E-state index in [-0.39, 0.29) is 34.8 Å². The minimum absolute atomic E-state index is 0.0112. The van der Waals surface area contributed by atoms with Crippen molar-refractivity contribution in [1.29, 1.82) is 0 Å². The van der Waals surface area contributed by atoms with Gasteiger partial charge in [0, 0.05) is 13.6 Å². The highest BCUT2D eigenvalue weighted by atomic mass is 32.2. The molecule has 1 fully saturated rings. The molecule has 0 radical (unpaired) electrons. The number of aromatic nitrogens is 1. The Hall–Kier alpha value is -4.09. The van der Waals surface area contributed by atoms with Gasteiger partial charge in [-0.15, -0.1) is 18.3 Å². The predicted octanol–water partition coefficient (Wildman–Crippen LogP) is 2.76. The van der Waals surface area contributed by atoms with E-state index in [9.17, 15) is 24.3 Å². The lowest BCUT2D eigenvalue weighted by molar-refractivity contribution is -0.148. The summed E-state index contributed by atoms with van der Waals surface area (Å²) in [5.74, 6) is -1.57. The summed E-state index contributed by atoms with van der Waals surface area (Å²) >= 11 is 1.40. The Kier molecular flexibility index (Phi) is 9.74. The van der Waals surface area contributed by atoms with Gasteiger partial charge in [-0.2, -0.15) is 0 Å². The largest absolute Gasteiger partial charge is 0.381 e. The third-order valence-corrected chi connectivity index (χ3v) is 8.70. The third-order valence-electron chi connectivity index (χ3n) is 7.53. The van der Waals surface area contributed by atoms with Crippen LogP contribution in [-0.4, -0.2) is 66.8 Å². The maximum Gasteiger partial charge on any atom is 0.361 e. The molecule has 2 N–H and O–H groups in total. The summed E-state index contributed by atoms with van der Waals surface area (Å²) in [5, 5.41) is 13.9. The lowest BCUT2D eigenvalue weighted by Crippen LogP contribution is -2.56. The van der Waals surface area contributed by atoms with Gasteiger partial charge < -0.3 is 24.7 Å². The first-order valence-electron chi connectivity index (χ1n) is 13.6. The van der Waals surface area contributed by atoms with Crippen LogP contribution in [0.3, 0.4) is 0 Å². The third kappa shape index (κ3) is 6.52. The fourth-order valence-electron chi connectivity index (χ4n) is 5.02. The summed E-state index contributed by atoms with van der Waals surface area (Å²) in [5.41, 5.74) is 2.26. The Morgan fingerprint density at radius 3 is 2.43 bits per heavy atom. The van der Waals surface area contributed by atoms with Gasteiger partial charge in [-0.05, 0) is 43.9 Å². The highest BCUT2D eigenvalue weighted by Gasteiger charge is 2.41. The molecule has 0 aliphatic carbocycles. The molecule has 11 heteroatoms. The van der Waals surface area contributed by atoms with E-state index in [1.54, 1.807) is 4.90 Å². The zero-order valence-electron chi connectivity index (χ0n) is 24.1. The Morgan fingerprint density at radius 2 is 1.81 bits per heavy atom. The maximum atomic E-state index is 13.9. The second-order valence-electron chi connectivity index (χ2n) is 10.3. The van der Waals surface area contributed by atoms with E-state index < -0.39 is 35.6 Å². The fourth-order valence-corrected chi connectivity index (χ4v) is 6.04. The quantitative estimate of drug-likeness (QED) is 0.366. The average Bonchev–Trinajstić information content (AvgIpc) is 3.16. The van der Waals surface area contributed by atoms with Gasteiger partial charge in [-0.25, -0.2) is 9.53 Å². The first kappa shape index (κ1) is 30.9. The van der Waals surface area contributed by atoms with Crippen molar-refractivity contribution in [2.45, 2.75) is 57.3 Å². The molecule has 222 valence electrons. The van der Waals surface area contributed by atoms with E-state index >= 15 is 0 Å². The molecule has 1 aliphatic heterocycles. The van der Waals surface area contributed by atoms with Gasteiger partial charge >= 0.3 is 5.63 Å². The molecule has 2 aromatic carbocycles. The molecule has 1 unspecified atom stereocenters. The van der Waals surface area contributed by atoms with Gasteiger partial charge in [0.15, 0.2) is 6.10 Å². The van der Waals surface area contributed by atoms with E-state index in [2.05, 4.69) is 11.9 Å². The van der Waals surface area contributed by atoms with Crippen LogP contribution < -0.4 is 10.9 Å². The normalized spacial score (nSPS) is 18.7. The topological polar surface area (TPSA) is 125 Å². The molecule has 10 nitrogen and oxygen atoms in total. The molecule has 0 spiro atoms. The first-order chi connectivity index (χ1) is 20.0. The summed E-state index contributed by atoms with van der Waals surface area (Å²) in [6.45, 7) is 9.55. The van der Waals surface area contributed by atoms with Gasteiger partial charge in [0.1, 0.15) is 11.7 Å². The van der Waals surface area contributed by atoms with Crippen LogP contribution in [0.1, 0.15) is 39.7 Å². The van der Waals surface area contributed by atoms with Crippen LogP contribution in [0.5, 0.6) is 0 Å². The van der Waals surface area contributed by atoms with Crippen molar-refractivity contribution < 1.29 is 24.0 Å². The van der Waals surface area contributed by atoms with Crippen molar-refractivity contribution >= 4 is 29.5 Å². The number of aliphatic hydroxyl groups is 1. The summed E-state index contributed by atoms with van der Waals surface area (Å²) in [7, 11) is 1.43. The van der Waals surface area contributed by atoms with Gasteiger partial charge in [-0.1, -0.05) is 60.7 Å². The van der Waals surface area contributed by atoms with E-state index in [0.29, 0.717) is 6.54 Å². The number of benzene rings is 2. The SMILES string of the molecule is C=C[C@H]1C(=O)N(Cc2ccccc2C)C(C)SCN1C(=O)[C@@H](O)[C@H](Cc1ccccc1)NC(=O)c1c(C)c(=O)on1C. The Labute approximate surface area is 248 Å². The Balaban J connectivity index is 1.61. The molecule has 42 heavy (non-hydrogen) atoms. The molecule has 1 aromatic heterocycles. The maximum absolute atomic E-state index is 13.9. The van der Waals surface area contributed by atoms with Crippen molar-refractivity contribution in [2.24, 2.45) is 7.05 Å². The molecular formula is C31H36N4O6S. The monoisotopic (exact) mass is 592 g/mol. The minimum atomic E-state index is -1.70. The van der Waals surface area contributed by atoms with Crippen molar-refractivity contribution in [3.8, 4) is 0 Å². The van der Waals surface area contributed by atoms with Crippen molar-refractivity contribution in [1.82, 2.24) is 19.9 Å². The van der Waals surface area contributed by atoms with Crippen LogP contribution in [0.2, 0.25) is 0 Å². The van der Waals surface area contributed by atoms with E-state index in [4.69, 9.17) is 4.52 Å². The molecule has 2 heterocycles. The molecule has 3 amide bonds. The number of carbonyl (C=O) groups excluding carboxylic acids is 3. The number of rotatable bonds is 9. The molecule has 4 atom stereocenters. The van der Waals surface area contributed by atoms with Crippen LogP contribution >= 0.6 is 11.8 Å². The highest BCUT2D eigenvalue weighted by molar-refractivity contribution is 7.99. The molecule has 3 aromatic rings. The molecular weight excluding hydrogens is 556 g/mol. The van der Waals surface area contributed by atoms with Crippen molar-refractivity contribution in [2.75, 3.05) is 5.88 Å². The summed E-state index contributed by atoms with van der Waals surface area (Å²) in [6.07, 6.45) is -0.174. The van der Waals surface area contributed by atoms with E-state index in [1.807, 2.05) is 68.4 Å². The Morgan fingerprint density at radius 1 is 1.14 bits per heavy atom. The highest BCUT2D eigenvalue weighted by Crippen LogP contribution is 2.28. The van der Waals surface area contributed by atoms with Gasteiger partial charge in [-0.3, -0.25) is 14.4 Å². The second kappa shape index (κ2) is 13.3. The zero-order chi connectivity index (χ0) is 30.6. The number of aliphatic hydroxyl groups excluding tert-OH is 1. The zero-order valence-corrected chi connectivity index (χ0v) is 25.0. The minimum Gasteiger partial charge on any atom is -0.381 e. The lowest BCUT2D eigenvalue weighted by Gasteiger charge is -2.32. The average molecular weight is 593 g/mol. The smallest absolute Gasteiger partial charge is 0.361 e. The van der Waals surface area contributed by atoms with E-state index in [1.165, 1.54) is 36.7 Å². The van der Waals surface area contributed by atoms with Crippen LogP contribution in [0, 0.1) is 13.8 Å². The number of carbonyl (C=O) groups is 3. The van der Waals surface area contributed by atoms with Gasteiger partial charge in [0.2, 0.25) is 0 Å². The van der Waals surface area contributed by atoms with Crippen molar-refractivity contribution in [3.05, 3.63) is 106 Å². The molecule has 0 bridgehead atoms. The van der Waals surface area contributed by atoms with Crippen LogP contribution in [-0.2, 0) is 29.6 Å². The summed E-state index contributed by atoms with van der Waals surface area (Å²) < 4.78 is 6.06. The number of aryl methyl sites for hydroxylation is 2. The van der Waals surface area contributed by atoms with Crippen LogP contribution in [0.15, 0.2) is 76.6 Å². The first-order valence-corrected chi connectivity index (χ1v) is 14.7. The van der Waals surface area contributed by atoms with E-state index in [0.717, 1.165) is 21.4 Å². The number of nitrogens with zero attached hydrogens (tertiary/aromatic N) is 3. The fraction of sp³-hybridized carbons (Fsp3) is 0.355. The standard InChI is InChI=1S/C31H36N4O6S/c1-6-25-29(38)34(17-23-15-11-10-12-19(23)2)21(4)42-18-35(25)30(39)27(36)24(16-22-13-8-7-9-14-22)32-28(37)26-20(3)31(40)41-33(26)5/h6-15,21,24-25,27,36H,1,16-18H2,2-5H3,(H,32,37)/t21?,24-,25-,27-/m0/s1. The Bertz CT molecular complexity index is 1520. The summed E-state index contributed by atoms with van der Waals surface area (Å²) in [4.78, 5) is 56.0. The molecule has 1 saturated heterocycles. The van der Waals surface area contributed by atoms with Crippen molar-refractivity contribution in [3.63, 3.8) is 0 Å². The second-order valence-corrected chi connectivity index (χ2v) is 11.6. The number of nitrogens with one attached hydrogen (secondary N) is 1. The van der Waals surface area contributed by atoms with Crippen LogP contribution in [0.4, 0.5) is 0 Å². The summed E-state index contributed by atoms with van der Waals surface area (Å²) in [6, 6.07) is 14.8. The number of thioether (sulfide) groups is 1. The van der Waals surface area contributed by atoms with Gasteiger partial charge in [0.25, 0.3) is 17.7 Å². The number of hydrogen-bond donors (Lipinski definition) is 2. The molecule has 1 aliphatic rings. The predicted molar refractivity (Wildman–Crippen MR) is 161 cm³/mol. The van der Waals surface area contributed by atoms with Crippen LogP contribution in [0.25, 0.3) is 0 Å². The molecule has 4 rings (SSSR count). The number of amides is 3. The molecule has 0 saturated carbocycles.